The number of nitrogens with zero attached hydrogens (tertiary/aromatic N) is 3. The Kier molecular flexibility index (Phi) is 2.37. The zero-order valence-corrected chi connectivity index (χ0v) is 12.4. The van der Waals surface area contributed by atoms with Crippen LogP contribution < -0.4 is 15.7 Å². The summed E-state index contributed by atoms with van der Waals surface area (Å²) < 4.78 is 8.42. The van der Waals surface area contributed by atoms with Crippen LogP contribution in [0.15, 0.2) is 34.0 Å². The van der Waals surface area contributed by atoms with Gasteiger partial charge in [-0.25, -0.2) is 9.38 Å². The third-order valence-corrected chi connectivity index (χ3v) is 4.08. The fourth-order valence-corrected chi connectivity index (χ4v) is 2.96. The molecule has 6 nitrogen and oxygen atoms in total. The molecular weight excluding hydrogens is 282 g/mol. The van der Waals surface area contributed by atoms with Gasteiger partial charge in [0.2, 0.25) is 5.78 Å². The predicted molar refractivity (Wildman–Crippen MR) is 83.4 cm³/mol. The molecule has 0 saturated heterocycles. The number of fused-ring (bicyclic) bond motifs is 5. The van der Waals surface area contributed by atoms with Crippen LogP contribution in [-0.4, -0.2) is 20.9 Å². The van der Waals surface area contributed by atoms with Crippen LogP contribution >= 0.6 is 0 Å². The number of hydrogen-bond donors (Lipinski definition) is 0. The standard InChI is InChI=1S/C16H13N3O3/c1-8-7-18-13(9(2)14(8)20)15(21)19-12-5-4-10(22-3)6-11(12)17-16(18)19/h4-7H,1-3H3. The maximum atomic E-state index is 12.7. The molecule has 0 atom stereocenters. The van der Waals surface area contributed by atoms with E-state index in [2.05, 4.69) is 4.98 Å². The Hall–Kier alpha value is -2.89. The van der Waals surface area contributed by atoms with Gasteiger partial charge in [-0.05, 0) is 26.0 Å². The first kappa shape index (κ1) is 12.8. The molecule has 0 unspecified atom stereocenters. The zero-order chi connectivity index (χ0) is 15.6. The summed E-state index contributed by atoms with van der Waals surface area (Å²) in [5, 5.41) is 0. The van der Waals surface area contributed by atoms with E-state index in [9.17, 15) is 9.59 Å². The molecule has 4 aromatic rings. The van der Waals surface area contributed by atoms with Gasteiger partial charge in [0, 0.05) is 23.4 Å². The molecule has 0 bridgehead atoms. The molecule has 0 radical (unpaired) electrons. The van der Waals surface area contributed by atoms with E-state index in [1.165, 1.54) is 4.40 Å². The van der Waals surface area contributed by atoms with Crippen LogP contribution in [0.25, 0.3) is 22.3 Å². The summed E-state index contributed by atoms with van der Waals surface area (Å²) in [4.78, 5) is 29.3. The highest BCUT2D eigenvalue weighted by molar-refractivity contribution is 5.83. The number of aromatic nitrogens is 3. The molecule has 0 aliphatic heterocycles. The van der Waals surface area contributed by atoms with Crippen molar-refractivity contribution in [3.63, 3.8) is 0 Å². The lowest BCUT2D eigenvalue weighted by Crippen LogP contribution is -2.15. The number of aryl methyl sites for hydroxylation is 2. The summed E-state index contributed by atoms with van der Waals surface area (Å²) in [5.41, 5.74) is 2.49. The molecule has 0 N–H and O–H groups in total. The second kappa shape index (κ2) is 4.07. The zero-order valence-electron chi connectivity index (χ0n) is 12.4. The number of pyridine rings is 1. The van der Waals surface area contributed by atoms with Crippen molar-refractivity contribution in [1.29, 1.82) is 0 Å². The molecule has 6 heteroatoms. The molecular formula is C16H13N3O3. The number of imidazole rings is 2. The third-order valence-electron chi connectivity index (χ3n) is 4.08. The summed E-state index contributed by atoms with van der Waals surface area (Å²) in [6.45, 7) is 3.41. The van der Waals surface area contributed by atoms with Crippen molar-refractivity contribution in [2.75, 3.05) is 7.11 Å². The van der Waals surface area contributed by atoms with Gasteiger partial charge in [0.15, 0.2) is 5.43 Å². The number of benzene rings is 1. The van der Waals surface area contributed by atoms with E-state index < -0.39 is 0 Å². The molecule has 4 rings (SSSR count). The number of rotatable bonds is 1. The van der Waals surface area contributed by atoms with Crippen LogP contribution in [0.1, 0.15) is 11.1 Å². The minimum atomic E-state index is -0.225. The second-order valence-corrected chi connectivity index (χ2v) is 5.39. The van der Waals surface area contributed by atoms with Crippen LogP contribution in [-0.2, 0) is 0 Å². The first-order valence-electron chi connectivity index (χ1n) is 6.87. The van der Waals surface area contributed by atoms with Crippen LogP contribution in [0.4, 0.5) is 0 Å². The van der Waals surface area contributed by atoms with Crippen LogP contribution in [0, 0.1) is 13.8 Å². The third kappa shape index (κ3) is 1.41. The van der Waals surface area contributed by atoms with Crippen molar-refractivity contribution < 1.29 is 4.74 Å². The minimum absolute atomic E-state index is 0.101. The lowest BCUT2D eigenvalue weighted by atomic mass is 10.2. The van der Waals surface area contributed by atoms with E-state index in [0.717, 1.165) is 0 Å². The van der Waals surface area contributed by atoms with Gasteiger partial charge in [0.1, 0.15) is 11.3 Å². The van der Waals surface area contributed by atoms with Crippen molar-refractivity contribution in [3.8, 4) is 5.75 Å². The maximum Gasteiger partial charge on any atom is 0.282 e. The van der Waals surface area contributed by atoms with Gasteiger partial charge in [-0.3, -0.25) is 14.0 Å². The number of hydrogen-bond acceptors (Lipinski definition) is 4. The van der Waals surface area contributed by atoms with Gasteiger partial charge in [0.05, 0.1) is 18.1 Å². The van der Waals surface area contributed by atoms with Crippen molar-refractivity contribution in [3.05, 3.63) is 56.1 Å². The smallest absolute Gasteiger partial charge is 0.282 e. The highest BCUT2D eigenvalue weighted by atomic mass is 16.5. The van der Waals surface area contributed by atoms with Crippen LogP contribution in [0.5, 0.6) is 5.75 Å². The van der Waals surface area contributed by atoms with E-state index in [0.29, 0.717) is 39.2 Å². The molecule has 0 saturated carbocycles. The molecule has 0 fully saturated rings. The van der Waals surface area contributed by atoms with Crippen molar-refractivity contribution >= 4 is 22.3 Å². The summed E-state index contributed by atoms with van der Waals surface area (Å²) in [7, 11) is 1.59. The fourth-order valence-electron chi connectivity index (χ4n) is 2.96. The van der Waals surface area contributed by atoms with Crippen LogP contribution in [0.3, 0.4) is 0 Å². The maximum absolute atomic E-state index is 12.7. The molecule has 0 aliphatic rings. The summed E-state index contributed by atoms with van der Waals surface area (Å²) in [5.74, 6) is 1.19. The van der Waals surface area contributed by atoms with Gasteiger partial charge in [-0.1, -0.05) is 0 Å². The molecule has 1 aromatic carbocycles. The van der Waals surface area contributed by atoms with Gasteiger partial charge in [-0.15, -0.1) is 0 Å². The minimum Gasteiger partial charge on any atom is -0.497 e. The quantitative estimate of drug-likeness (QED) is 0.534. The Bertz CT molecular complexity index is 1170. The Balaban J connectivity index is 2.30. The van der Waals surface area contributed by atoms with Gasteiger partial charge < -0.3 is 4.74 Å². The van der Waals surface area contributed by atoms with Gasteiger partial charge in [0.25, 0.3) is 5.56 Å². The summed E-state index contributed by atoms with van der Waals surface area (Å²) in [6.07, 6.45) is 1.67. The van der Waals surface area contributed by atoms with Crippen molar-refractivity contribution in [2.45, 2.75) is 13.8 Å². The molecule has 0 amide bonds. The van der Waals surface area contributed by atoms with Gasteiger partial charge >= 0.3 is 0 Å². The average molecular weight is 295 g/mol. The summed E-state index contributed by atoms with van der Waals surface area (Å²) >= 11 is 0. The Morgan fingerprint density at radius 1 is 1.18 bits per heavy atom. The SMILES string of the molecule is COc1ccc2c(c1)nc1n3cc(C)c(=O)c(C)c3c(=O)n21. The highest BCUT2D eigenvalue weighted by Gasteiger charge is 2.18. The Labute approximate surface area is 124 Å². The Morgan fingerprint density at radius 2 is 1.95 bits per heavy atom. The van der Waals surface area contributed by atoms with E-state index in [1.54, 1.807) is 49.8 Å². The summed E-state index contributed by atoms with van der Waals surface area (Å²) in [6, 6.07) is 5.38. The van der Waals surface area contributed by atoms with E-state index in [4.69, 9.17) is 4.74 Å². The number of methoxy groups -OCH3 is 1. The second-order valence-electron chi connectivity index (χ2n) is 5.39. The van der Waals surface area contributed by atoms with Crippen molar-refractivity contribution in [1.82, 2.24) is 13.8 Å². The van der Waals surface area contributed by atoms with Gasteiger partial charge in [-0.2, -0.15) is 0 Å². The lowest BCUT2D eigenvalue weighted by molar-refractivity contribution is 0.415. The fraction of sp³-hybridized carbons (Fsp3) is 0.188. The topological polar surface area (TPSA) is 65.1 Å². The van der Waals surface area contributed by atoms with Crippen LogP contribution in [0.2, 0.25) is 0 Å². The molecule has 3 aromatic heterocycles. The average Bonchev–Trinajstić information content (AvgIpc) is 3.00. The van der Waals surface area contributed by atoms with Crippen molar-refractivity contribution in [2.24, 2.45) is 0 Å². The molecule has 110 valence electrons. The lowest BCUT2D eigenvalue weighted by Gasteiger charge is -1.99. The Morgan fingerprint density at radius 3 is 2.68 bits per heavy atom. The molecule has 3 heterocycles. The van der Waals surface area contributed by atoms with E-state index >= 15 is 0 Å². The number of ether oxygens (including phenoxy) is 1. The molecule has 0 spiro atoms. The molecule has 0 aliphatic carbocycles. The first-order valence-corrected chi connectivity index (χ1v) is 6.87. The molecule has 22 heavy (non-hydrogen) atoms. The highest BCUT2D eigenvalue weighted by Crippen LogP contribution is 2.22. The monoisotopic (exact) mass is 295 g/mol. The predicted octanol–water partition coefficient (Wildman–Crippen LogP) is 1.52. The first-order chi connectivity index (χ1) is 10.5. The largest absolute Gasteiger partial charge is 0.497 e. The van der Waals surface area contributed by atoms with E-state index in [1.807, 2.05) is 0 Å². The normalized spacial score (nSPS) is 11.8. The van der Waals surface area contributed by atoms with E-state index in [-0.39, 0.29) is 11.0 Å².